The summed E-state index contributed by atoms with van der Waals surface area (Å²) in [5.41, 5.74) is 0.977. The first kappa shape index (κ1) is 18.6. The maximum atomic E-state index is 12.5. The van der Waals surface area contributed by atoms with Crippen LogP contribution in [0.1, 0.15) is 13.8 Å². The van der Waals surface area contributed by atoms with Crippen LogP contribution >= 0.6 is 22.9 Å². The largest absolute Gasteiger partial charge is 0.302 e. The molecular formula is C17H16ClN3O3S2. The van der Waals surface area contributed by atoms with E-state index in [1.165, 1.54) is 23.5 Å². The lowest BCUT2D eigenvalue weighted by Gasteiger charge is -2.08. The van der Waals surface area contributed by atoms with Crippen molar-refractivity contribution in [1.29, 1.82) is 0 Å². The molecule has 0 saturated heterocycles. The summed E-state index contributed by atoms with van der Waals surface area (Å²) < 4.78 is 28.3. The van der Waals surface area contributed by atoms with Crippen molar-refractivity contribution in [2.45, 2.75) is 18.7 Å². The Morgan fingerprint density at radius 3 is 2.65 bits per heavy atom. The molecule has 3 rings (SSSR count). The minimum absolute atomic E-state index is 0.0771. The van der Waals surface area contributed by atoms with Gasteiger partial charge in [-0.15, -0.1) is 0 Å². The van der Waals surface area contributed by atoms with Crippen LogP contribution in [-0.4, -0.2) is 19.3 Å². The number of sulfonamides is 1. The van der Waals surface area contributed by atoms with Gasteiger partial charge >= 0.3 is 0 Å². The normalized spacial score (nSPS) is 11.7. The Balaban J connectivity index is 1.86. The number of amides is 1. The van der Waals surface area contributed by atoms with Crippen molar-refractivity contribution in [1.82, 2.24) is 4.98 Å². The first-order chi connectivity index (χ1) is 12.2. The topological polar surface area (TPSA) is 88.2 Å². The molecule has 3 aromatic rings. The molecule has 0 atom stereocenters. The van der Waals surface area contributed by atoms with Gasteiger partial charge in [0, 0.05) is 10.9 Å². The van der Waals surface area contributed by atoms with E-state index in [2.05, 4.69) is 15.0 Å². The van der Waals surface area contributed by atoms with Crippen LogP contribution in [0.15, 0.2) is 47.4 Å². The SMILES string of the molecule is CC(C)C(=O)Nc1nc2cc(NS(=O)(=O)c3cccc(Cl)c3)ccc2s1. The third kappa shape index (κ3) is 4.14. The molecule has 0 unspecified atom stereocenters. The quantitative estimate of drug-likeness (QED) is 0.655. The second-order valence-corrected chi connectivity index (χ2v) is 9.06. The van der Waals surface area contributed by atoms with Crippen LogP contribution in [-0.2, 0) is 14.8 Å². The molecule has 9 heteroatoms. The van der Waals surface area contributed by atoms with Crippen LogP contribution in [0.3, 0.4) is 0 Å². The highest BCUT2D eigenvalue weighted by molar-refractivity contribution is 7.92. The predicted octanol–water partition coefficient (Wildman–Crippen LogP) is 4.35. The molecule has 1 amide bonds. The lowest BCUT2D eigenvalue weighted by Crippen LogP contribution is -2.17. The monoisotopic (exact) mass is 409 g/mol. The third-order valence-corrected chi connectivity index (χ3v) is 6.07. The summed E-state index contributed by atoms with van der Waals surface area (Å²) in [7, 11) is -3.76. The molecule has 136 valence electrons. The molecule has 0 aliphatic heterocycles. The first-order valence-electron chi connectivity index (χ1n) is 7.74. The zero-order valence-corrected chi connectivity index (χ0v) is 16.4. The van der Waals surface area contributed by atoms with E-state index in [0.717, 1.165) is 4.70 Å². The van der Waals surface area contributed by atoms with E-state index in [4.69, 9.17) is 11.6 Å². The van der Waals surface area contributed by atoms with Crippen LogP contribution in [0.5, 0.6) is 0 Å². The number of anilines is 2. The number of rotatable bonds is 5. The molecule has 0 fully saturated rings. The van der Waals surface area contributed by atoms with Crippen LogP contribution in [0, 0.1) is 5.92 Å². The van der Waals surface area contributed by atoms with Crippen molar-refractivity contribution in [3.63, 3.8) is 0 Å². The second-order valence-electron chi connectivity index (χ2n) is 5.91. The summed E-state index contributed by atoms with van der Waals surface area (Å²) in [6.45, 7) is 3.59. The van der Waals surface area contributed by atoms with Crippen molar-refractivity contribution < 1.29 is 13.2 Å². The van der Waals surface area contributed by atoms with Gasteiger partial charge in [0.1, 0.15) is 0 Å². The molecule has 0 spiro atoms. The van der Waals surface area contributed by atoms with Gasteiger partial charge in [-0.05, 0) is 36.4 Å². The molecule has 0 aliphatic rings. The average molecular weight is 410 g/mol. The summed E-state index contributed by atoms with van der Waals surface area (Å²) in [6.07, 6.45) is 0. The Labute approximate surface area is 160 Å². The van der Waals surface area contributed by atoms with Gasteiger partial charge in [0.25, 0.3) is 10.0 Å². The fraction of sp³-hybridized carbons (Fsp3) is 0.176. The summed E-state index contributed by atoms with van der Waals surface area (Å²) >= 11 is 7.19. The number of benzene rings is 2. The van der Waals surface area contributed by atoms with Crippen molar-refractivity contribution >= 4 is 59.9 Å². The van der Waals surface area contributed by atoms with E-state index in [-0.39, 0.29) is 16.7 Å². The van der Waals surface area contributed by atoms with Gasteiger partial charge in [0.15, 0.2) is 5.13 Å². The summed E-state index contributed by atoms with van der Waals surface area (Å²) in [5, 5.41) is 3.57. The van der Waals surface area contributed by atoms with Gasteiger partial charge in [-0.3, -0.25) is 9.52 Å². The fourth-order valence-electron chi connectivity index (χ4n) is 2.14. The highest BCUT2D eigenvalue weighted by Gasteiger charge is 2.16. The Bertz CT molecular complexity index is 1080. The molecule has 0 aliphatic carbocycles. The molecule has 1 aromatic heterocycles. The number of carbonyl (C=O) groups excluding carboxylic acids is 1. The summed E-state index contributed by atoms with van der Waals surface area (Å²) in [6, 6.07) is 11.1. The van der Waals surface area contributed by atoms with Crippen LogP contribution in [0.4, 0.5) is 10.8 Å². The molecule has 26 heavy (non-hydrogen) atoms. The van der Waals surface area contributed by atoms with Crippen LogP contribution in [0.2, 0.25) is 5.02 Å². The Morgan fingerprint density at radius 2 is 1.96 bits per heavy atom. The highest BCUT2D eigenvalue weighted by atomic mass is 35.5. The average Bonchev–Trinajstić information content (AvgIpc) is 2.95. The number of nitrogens with zero attached hydrogens (tertiary/aromatic N) is 1. The van der Waals surface area contributed by atoms with Crippen LogP contribution in [0.25, 0.3) is 10.2 Å². The lowest BCUT2D eigenvalue weighted by atomic mass is 10.2. The standard InChI is InChI=1S/C17H16ClN3O3S2/c1-10(2)16(22)20-17-19-14-9-12(6-7-15(14)25-17)21-26(23,24)13-5-3-4-11(18)8-13/h3-10,21H,1-2H3,(H,19,20,22). The van der Waals surface area contributed by atoms with Gasteiger partial charge in [0.2, 0.25) is 5.91 Å². The molecule has 0 radical (unpaired) electrons. The van der Waals surface area contributed by atoms with Crippen molar-refractivity contribution in [3.8, 4) is 0 Å². The minimum Gasteiger partial charge on any atom is -0.302 e. The van der Waals surface area contributed by atoms with E-state index in [1.807, 2.05) is 0 Å². The fourth-order valence-corrected chi connectivity index (χ4v) is 4.34. The van der Waals surface area contributed by atoms with Crippen molar-refractivity contribution in [2.75, 3.05) is 10.0 Å². The van der Waals surface area contributed by atoms with E-state index in [0.29, 0.717) is 21.4 Å². The number of hydrogen-bond acceptors (Lipinski definition) is 5. The lowest BCUT2D eigenvalue weighted by molar-refractivity contribution is -0.118. The first-order valence-corrected chi connectivity index (χ1v) is 10.4. The number of halogens is 1. The van der Waals surface area contributed by atoms with Gasteiger partial charge in [-0.25, -0.2) is 13.4 Å². The van der Waals surface area contributed by atoms with Crippen molar-refractivity contribution in [2.24, 2.45) is 5.92 Å². The van der Waals surface area contributed by atoms with Crippen LogP contribution < -0.4 is 10.0 Å². The molecule has 0 saturated carbocycles. The number of carbonyl (C=O) groups is 1. The zero-order valence-electron chi connectivity index (χ0n) is 14.0. The van der Waals surface area contributed by atoms with E-state index in [1.54, 1.807) is 44.2 Å². The summed E-state index contributed by atoms with van der Waals surface area (Å²) in [5.74, 6) is -0.270. The number of thiazole rings is 1. The van der Waals surface area contributed by atoms with Gasteiger partial charge < -0.3 is 5.32 Å². The number of aromatic nitrogens is 1. The van der Waals surface area contributed by atoms with Gasteiger partial charge in [0.05, 0.1) is 20.8 Å². The highest BCUT2D eigenvalue weighted by Crippen LogP contribution is 2.29. The molecule has 6 nitrogen and oxygen atoms in total. The number of nitrogens with one attached hydrogen (secondary N) is 2. The van der Waals surface area contributed by atoms with Gasteiger partial charge in [-0.2, -0.15) is 0 Å². The second kappa shape index (κ2) is 7.22. The molecule has 2 N–H and O–H groups in total. The van der Waals surface area contributed by atoms with E-state index in [9.17, 15) is 13.2 Å². The molecule has 2 aromatic carbocycles. The van der Waals surface area contributed by atoms with E-state index >= 15 is 0 Å². The maximum Gasteiger partial charge on any atom is 0.261 e. The summed E-state index contributed by atoms with van der Waals surface area (Å²) in [4.78, 5) is 16.2. The zero-order chi connectivity index (χ0) is 18.9. The minimum atomic E-state index is -3.76. The predicted molar refractivity (Wildman–Crippen MR) is 105 cm³/mol. The smallest absolute Gasteiger partial charge is 0.261 e. The van der Waals surface area contributed by atoms with E-state index < -0.39 is 10.0 Å². The Morgan fingerprint density at radius 1 is 1.19 bits per heavy atom. The Hall–Kier alpha value is -2.16. The molecule has 1 heterocycles. The molecular weight excluding hydrogens is 394 g/mol. The maximum absolute atomic E-state index is 12.5. The molecule has 0 bridgehead atoms. The van der Waals surface area contributed by atoms with Crippen molar-refractivity contribution in [3.05, 3.63) is 47.5 Å². The van der Waals surface area contributed by atoms with Gasteiger partial charge in [-0.1, -0.05) is 42.9 Å². The number of fused-ring (bicyclic) bond motifs is 1. The Kier molecular flexibility index (Phi) is 5.17. The third-order valence-electron chi connectivity index (χ3n) is 3.50. The number of hydrogen-bond donors (Lipinski definition) is 2.